The number of carboxylic acids is 1. The van der Waals surface area contributed by atoms with Crippen LogP contribution in [0.4, 0.5) is 0 Å². The normalized spacial score (nSPS) is 15.9. The summed E-state index contributed by atoms with van der Waals surface area (Å²) in [5, 5.41) is 24.6. The van der Waals surface area contributed by atoms with E-state index in [0.717, 1.165) is 66.0 Å². The molecule has 0 spiro atoms. The second-order valence-electron chi connectivity index (χ2n) is 9.40. The molecule has 1 aliphatic rings. The lowest BCUT2D eigenvalue weighted by atomic mass is 9.98. The van der Waals surface area contributed by atoms with Crippen LogP contribution in [0.2, 0.25) is 5.15 Å². The Labute approximate surface area is 220 Å². The number of benzene rings is 2. The zero-order valence-electron chi connectivity index (χ0n) is 20.8. The summed E-state index contributed by atoms with van der Waals surface area (Å²) in [6.45, 7) is 4.00. The van der Waals surface area contributed by atoms with Crippen molar-refractivity contribution in [3.05, 3.63) is 70.8 Å². The molecule has 0 radical (unpaired) electrons. The van der Waals surface area contributed by atoms with Gasteiger partial charge in [-0.1, -0.05) is 73.5 Å². The Morgan fingerprint density at radius 2 is 1.92 bits per heavy atom. The highest BCUT2D eigenvalue weighted by atomic mass is 35.5. The number of aromatic nitrogens is 6. The van der Waals surface area contributed by atoms with E-state index in [1.165, 1.54) is 0 Å². The maximum atomic E-state index is 11.7. The maximum absolute atomic E-state index is 11.7. The van der Waals surface area contributed by atoms with Crippen molar-refractivity contribution in [1.29, 1.82) is 0 Å². The predicted molar refractivity (Wildman–Crippen MR) is 141 cm³/mol. The minimum absolute atomic E-state index is 0.466. The third kappa shape index (κ3) is 5.42. The SMILES string of the molecule is CCCCc1nc(Cl)c(CN2CCC[C@@H]2C(=O)O)n1Cc1ccc(-c2ccccc2-c2nn[nH]n2)cc1. The van der Waals surface area contributed by atoms with Gasteiger partial charge in [0.1, 0.15) is 11.9 Å². The van der Waals surface area contributed by atoms with Crippen LogP contribution in [0.5, 0.6) is 0 Å². The number of imidazole rings is 1. The van der Waals surface area contributed by atoms with Gasteiger partial charge >= 0.3 is 5.97 Å². The van der Waals surface area contributed by atoms with E-state index in [9.17, 15) is 9.90 Å². The van der Waals surface area contributed by atoms with Gasteiger partial charge in [-0.2, -0.15) is 5.21 Å². The Morgan fingerprint density at radius 1 is 1.14 bits per heavy atom. The van der Waals surface area contributed by atoms with Gasteiger partial charge < -0.3 is 9.67 Å². The molecule has 10 heteroatoms. The van der Waals surface area contributed by atoms with Crippen LogP contribution in [-0.2, 0) is 24.3 Å². The second kappa shape index (κ2) is 11.2. The van der Waals surface area contributed by atoms with Gasteiger partial charge in [0.05, 0.1) is 5.69 Å². The molecule has 192 valence electrons. The van der Waals surface area contributed by atoms with Crippen LogP contribution < -0.4 is 0 Å². The van der Waals surface area contributed by atoms with Gasteiger partial charge in [-0.3, -0.25) is 9.69 Å². The Morgan fingerprint density at radius 3 is 2.62 bits per heavy atom. The van der Waals surface area contributed by atoms with Gasteiger partial charge in [0, 0.05) is 25.1 Å². The van der Waals surface area contributed by atoms with Crippen LogP contribution in [0.3, 0.4) is 0 Å². The van der Waals surface area contributed by atoms with Crippen molar-refractivity contribution in [3.63, 3.8) is 0 Å². The molecule has 1 saturated heterocycles. The molecule has 0 saturated carbocycles. The van der Waals surface area contributed by atoms with Crippen LogP contribution in [0.1, 0.15) is 49.7 Å². The molecule has 0 unspecified atom stereocenters. The maximum Gasteiger partial charge on any atom is 0.320 e. The third-order valence-electron chi connectivity index (χ3n) is 6.98. The molecule has 1 atom stereocenters. The van der Waals surface area contributed by atoms with Crippen LogP contribution >= 0.6 is 11.6 Å². The average Bonchev–Trinajstić information content (AvgIpc) is 3.66. The van der Waals surface area contributed by atoms with Crippen molar-refractivity contribution < 1.29 is 9.90 Å². The number of nitrogens with zero attached hydrogens (tertiary/aromatic N) is 6. The first kappa shape index (κ1) is 25.1. The fourth-order valence-electron chi connectivity index (χ4n) is 5.03. The molecule has 37 heavy (non-hydrogen) atoms. The third-order valence-corrected chi connectivity index (χ3v) is 7.28. The molecule has 4 aromatic rings. The van der Waals surface area contributed by atoms with E-state index in [-0.39, 0.29) is 0 Å². The smallest absolute Gasteiger partial charge is 0.320 e. The number of aliphatic carboxylic acids is 1. The zero-order valence-corrected chi connectivity index (χ0v) is 21.5. The monoisotopic (exact) mass is 519 g/mol. The first-order valence-electron chi connectivity index (χ1n) is 12.7. The molecular weight excluding hydrogens is 490 g/mol. The van der Waals surface area contributed by atoms with Gasteiger partial charge in [0.15, 0.2) is 5.15 Å². The van der Waals surface area contributed by atoms with E-state index in [2.05, 4.69) is 56.4 Å². The number of carboxylic acid groups (broad SMARTS) is 1. The number of aromatic amines is 1. The molecule has 2 N–H and O–H groups in total. The standard InChI is InChI=1S/C27H30ClN7O2/c1-2-3-10-24-29-25(28)23(17-34-15-6-9-22(34)27(36)37)35(24)16-18-11-13-19(14-12-18)20-7-4-5-8-21(20)26-30-32-33-31-26/h4-5,7-8,11-14,22H,2-3,6,9-10,15-17H2,1H3,(H,36,37)(H,30,31,32,33)/t22-/m1/s1. The van der Waals surface area contributed by atoms with E-state index >= 15 is 0 Å². The molecule has 1 aliphatic heterocycles. The number of H-pyrrole nitrogens is 1. The molecular formula is C27H30ClN7O2. The number of carbonyl (C=O) groups is 1. The molecule has 2 aromatic heterocycles. The van der Waals surface area contributed by atoms with Crippen molar-refractivity contribution in [2.24, 2.45) is 0 Å². The van der Waals surface area contributed by atoms with Gasteiger partial charge in [-0.05, 0) is 47.7 Å². The second-order valence-corrected chi connectivity index (χ2v) is 9.76. The molecule has 0 bridgehead atoms. The summed E-state index contributed by atoms with van der Waals surface area (Å²) < 4.78 is 2.18. The van der Waals surface area contributed by atoms with Gasteiger partial charge in [-0.25, -0.2) is 4.98 Å². The number of nitrogens with one attached hydrogen (secondary N) is 1. The summed E-state index contributed by atoms with van der Waals surface area (Å²) in [5.74, 6) is 0.724. The summed E-state index contributed by atoms with van der Waals surface area (Å²) in [6.07, 6.45) is 4.44. The number of halogens is 1. The molecule has 0 aliphatic carbocycles. The molecule has 1 fully saturated rings. The molecule has 9 nitrogen and oxygen atoms in total. The molecule has 0 amide bonds. The van der Waals surface area contributed by atoms with E-state index in [0.29, 0.717) is 30.5 Å². The highest BCUT2D eigenvalue weighted by Crippen LogP contribution is 2.31. The van der Waals surface area contributed by atoms with E-state index in [1.54, 1.807) is 0 Å². The van der Waals surface area contributed by atoms with Crippen LogP contribution in [-0.4, -0.2) is 58.7 Å². The van der Waals surface area contributed by atoms with Crippen LogP contribution in [0.15, 0.2) is 48.5 Å². The number of tetrazole rings is 1. The lowest BCUT2D eigenvalue weighted by Gasteiger charge is -2.22. The zero-order chi connectivity index (χ0) is 25.8. The molecule has 2 aromatic carbocycles. The number of unbranched alkanes of at least 4 members (excludes halogenated alkanes) is 1. The Bertz CT molecular complexity index is 1350. The quantitative estimate of drug-likeness (QED) is 0.308. The first-order valence-corrected chi connectivity index (χ1v) is 13.1. The fraction of sp³-hybridized carbons (Fsp3) is 0.370. The lowest BCUT2D eigenvalue weighted by molar-refractivity contribution is -0.142. The summed E-state index contributed by atoms with van der Waals surface area (Å²) >= 11 is 6.65. The van der Waals surface area contributed by atoms with Crippen molar-refractivity contribution in [2.45, 2.75) is 58.2 Å². The summed E-state index contributed by atoms with van der Waals surface area (Å²) in [7, 11) is 0. The minimum Gasteiger partial charge on any atom is -0.480 e. The predicted octanol–water partition coefficient (Wildman–Crippen LogP) is 4.82. The van der Waals surface area contributed by atoms with Gasteiger partial charge in [0.2, 0.25) is 5.82 Å². The van der Waals surface area contributed by atoms with Crippen molar-refractivity contribution in [1.82, 2.24) is 35.1 Å². The Hall–Kier alpha value is -3.56. The Kier molecular flexibility index (Phi) is 7.62. The number of hydrogen-bond donors (Lipinski definition) is 2. The number of aryl methyl sites for hydroxylation is 1. The molecule has 5 rings (SSSR count). The van der Waals surface area contributed by atoms with Gasteiger partial charge in [-0.15, -0.1) is 10.2 Å². The van der Waals surface area contributed by atoms with E-state index in [4.69, 9.17) is 16.6 Å². The Balaban J connectivity index is 1.43. The van der Waals surface area contributed by atoms with Crippen molar-refractivity contribution >= 4 is 17.6 Å². The topological polar surface area (TPSA) is 113 Å². The highest BCUT2D eigenvalue weighted by Gasteiger charge is 2.32. The van der Waals surface area contributed by atoms with E-state index < -0.39 is 12.0 Å². The first-order chi connectivity index (χ1) is 18.0. The fourth-order valence-corrected chi connectivity index (χ4v) is 5.29. The minimum atomic E-state index is -0.775. The number of rotatable bonds is 10. The average molecular weight is 520 g/mol. The van der Waals surface area contributed by atoms with Crippen LogP contribution in [0.25, 0.3) is 22.5 Å². The summed E-state index contributed by atoms with van der Waals surface area (Å²) in [4.78, 5) is 18.4. The number of likely N-dealkylation sites (tertiary alicyclic amines) is 1. The highest BCUT2D eigenvalue weighted by molar-refractivity contribution is 6.30. The largest absolute Gasteiger partial charge is 0.480 e. The van der Waals surface area contributed by atoms with Crippen molar-refractivity contribution in [2.75, 3.05) is 6.54 Å². The van der Waals surface area contributed by atoms with Crippen molar-refractivity contribution in [3.8, 4) is 22.5 Å². The summed E-state index contributed by atoms with van der Waals surface area (Å²) in [6, 6.07) is 15.9. The van der Waals surface area contributed by atoms with Gasteiger partial charge in [0.25, 0.3) is 0 Å². The lowest BCUT2D eigenvalue weighted by Crippen LogP contribution is -2.36. The molecule has 3 heterocycles. The van der Waals surface area contributed by atoms with Crippen LogP contribution in [0, 0.1) is 0 Å². The number of hydrogen-bond acceptors (Lipinski definition) is 6. The summed E-state index contributed by atoms with van der Waals surface area (Å²) in [5.41, 5.74) is 4.99. The van der Waals surface area contributed by atoms with E-state index in [1.807, 2.05) is 29.2 Å².